The van der Waals surface area contributed by atoms with Crippen LogP contribution in [0.15, 0.2) is 48.5 Å². The predicted molar refractivity (Wildman–Crippen MR) is 103 cm³/mol. The number of anilines is 1. The molecule has 1 aliphatic heterocycles. The van der Waals surface area contributed by atoms with Gasteiger partial charge in [-0.05, 0) is 17.7 Å². The van der Waals surface area contributed by atoms with Gasteiger partial charge < -0.3 is 20.1 Å². The monoisotopic (exact) mass is 437 g/mol. The average molecular weight is 437 g/mol. The topological polar surface area (TPSA) is 97.0 Å². The minimum Gasteiger partial charge on any atom is -0.497 e. The van der Waals surface area contributed by atoms with Gasteiger partial charge in [0.2, 0.25) is 11.4 Å². The highest BCUT2D eigenvalue weighted by molar-refractivity contribution is 6.11. The predicted octanol–water partition coefficient (Wildman–Crippen LogP) is 2.65. The van der Waals surface area contributed by atoms with Crippen molar-refractivity contribution in [3.05, 3.63) is 54.1 Å². The van der Waals surface area contributed by atoms with E-state index < -0.39 is 41.7 Å². The van der Waals surface area contributed by atoms with Crippen molar-refractivity contribution in [3.63, 3.8) is 0 Å². The molecule has 11 heteroatoms. The Kier molecular flexibility index (Phi) is 5.78. The summed E-state index contributed by atoms with van der Waals surface area (Å²) in [5.41, 5.74) is -3.58. The first-order chi connectivity index (χ1) is 14.6. The number of urea groups is 1. The number of nitrogens with one attached hydrogen (secondary N) is 2. The van der Waals surface area contributed by atoms with Crippen LogP contribution in [-0.2, 0) is 15.1 Å². The molecule has 2 aromatic carbocycles. The number of benzene rings is 2. The second kappa shape index (κ2) is 8.17. The van der Waals surface area contributed by atoms with Gasteiger partial charge in [-0.15, -0.1) is 0 Å². The number of imide groups is 1. The number of ether oxygens (including phenoxy) is 2. The maximum Gasteiger partial charge on any atom is 0.425 e. The third kappa shape index (κ3) is 3.86. The minimum atomic E-state index is -5.14. The summed E-state index contributed by atoms with van der Waals surface area (Å²) in [4.78, 5) is 37.8. The van der Waals surface area contributed by atoms with Gasteiger partial charge in [0, 0.05) is 6.07 Å². The van der Waals surface area contributed by atoms with E-state index in [1.54, 1.807) is 11.4 Å². The van der Waals surface area contributed by atoms with Gasteiger partial charge in [0.1, 0.15) is 18.0 Å². The van der Waals surface area contributed by atoms with Crippen LogP contribution in [0.2, 0.25) is 0 Å². The molecule has 164 valence electrons. The lowest BCUT2D eigenvalue weighted by Crippen LogP contribution is -2.55. The highest BCUT2D eigenvalue weighted by Crippen LogP contribution is 2.43. The van der Waals surface area contributed by atoms with Crippen molar-refractivity contribution in [1.29, 1.82) is 0 Å². The zero-order valence-electron chi connectivity index (χ0n) is 16.4. The zero-order chi connectivity index (χ0) is 22.8. The van der Waals surface area contributed by atoms with Crippen molar-refractivity contribution in [1.82, 2.24) is 10.2 Å². The number of methoxy groups -OCH3 is 2. The summed E-state index contributed by atoms with van der Waals surface area (Å²) in [6, 6.07) is 9.43. The first-order valence-corrected chi connectivity index (χ1v) is 8.92. The number of carbonyl (C=O) groups is 3. The van der Waals surface area contributed by atoms with E-state index in [0.29, 0.717) is 5.75 Å². The fourth-order valence-corrected chi connectivity index (χ4v) is 3.20. The molecule has 8 nitrogen and oxygen atoms in total. The van der Waals surface area contributed by atoms with E-state index in [0.717, 1.165) is 12.1 Å². The summed E-state index contributed by atoms with van der Waals surface area (Å²) < 4.78 is 52.1. The third-order valence-electron chi connectivity index (χ3n) is 4.72. The van der Waals surface area contributed by atoms with E-state index in [4.69, 9.17) is 9.47 Å². The number of halogens is 3. The molecule has 0 aromatic heterocycles. The van der Waals surface area contributed by atoms with Crippen LogP contribution in [0.5, 0.6) is 11.5 Å². The molecule has 31 heavy (non-hydrogen) atoms. The normalized spacial score (nSPS) is 18.5. The van der Waals surface area contributed by atoms with Crippen molar-refractivity contribution in [2.45, 2.75) is 11.7 Å². The third-order valence-corrected chi connectivity index (χ3v) is 4.72. The molecule has 1 heterocycles. The molecule has 3 rings (SSSR count). The maximum absolute atomic E-state index is 14.0. The molecular weight excluding hydrogens is 419 g/mol. The molecule has 2 aromatic rings. The molecule has 0 spiro atoms. The molecule has 1 atom stereocenters. The van der Waals surface area contributed by atoms with E-state index >= 15 is 0 Å². The highest BCUT2D eigenvalue weighted by atomic mass is 19.4. The van der Waals surface area contributed by atoms with Gasteiger partial charge in [-0.25, -0.2) is 4.79 Å². The Morgan fingerprint density at radius 2 is 1.77 bits per heavy atom. The Hall–Kier alpha value is -3.76. The van der Waals surface area contributed by atoms with Gasteiger partial charge in [0.15, 0.2) is 0 Å². The molecule has 1 aliphatic rings. The summed E-state index contributed by atoms with van der Waals surface area (Å²) in [6.07, 6.45) is -5.14. The van der Waals surface area contributed by atoms with E-state index in [1.807, 2.05) is 0 Å². The van der Waals surface area contributed by atoms with E-state index in [2.05, 4.69) is 5.32 Å². The fraction of sp³-hybridized carbons (Fsp3) is 0.250. The van der Waals surface area contributed by atoms with Crippen molar-refractivity contribution >= 4 is 23.5 Å². The van der Waals surface area contributed by atoms with E-state index in [9.17, 15) is 27.6 Å². The lowest BCUT2D eigenvalue weighted by Gasteiger charge is -2.29. The van der Waals surface area contributed by atoms with Crippen LogP contribution in [0.3, 0.4) is 0 Å². The van der Waals surface area contributed by atoms with Crippen molar-refractivity contribution in [3.8, 4) is 11.5 Å². The first kappa shape index (κ1) is 21.9. The molecule has 1 saturated heterocycles. The molecule has 4 amide bonds. The van der Waals surface area contributed by atoms with Crippen LogP contribution in [0, 0.1) is 0 Å². The number of carbonyl (C=O) groups excluding carboxylic acids is 3. The highest BCUT2D eigenvalue weighted by Gasteiger charge is 2.68. The molecular formula is C20H18F3N3O5. The SMILES string of the molecule is COc1ccc(OC)c(NC(=O)CN2C(=O)NC(c3ccccc3)(C(F)(F)F)C2=O)c1. The van der Waals surface area contributed by atoms with Crippen LogP contribution in [-0.4, -0.2) is 49.7 Å². The zero-order valence-corrected chi connectivity index (χ0v) is 16.4. The largest absolute Gasteiger partial charge is 0.497 e. The maximum atomic E-state index is 14.0. The summed E-state index contributed by atoms with van der Waals surface area (Å²) in [7, 11) is 2.76. The van der Waals surface area contributed by atoms with Gasteiger partial charge in [0.05, 0.1) is 19.9 Å². The quantitative estimate of drug-likeness (QED) is 0.678. The molecule has 0 radical (unpaired) electrons. The van der Waals surface area contributed by atoms with E-state index in [1.165, 1.54) is 44.6 Å². The van der Waals surface area contributed by atoms with Crippen LogP contribution in [0.25, 0.3) is 0 Å². The van der Waals surface area contributed by atoms with Crippen molar-refractivity contribution in [2.24, 2.45) is 0 Å². The second-order valence-corrected chi connectivity index (χ2v) is 6.55. The number of nitrogens with zero attached hydrogens (tertiary/aromatic N) is 1. The summed E-state index contributed by atoms with van der Waals surface area (Å²) in [5, 5.41) is 4.13. The van der Waals surface area contributed by atoms with E-state index in [-0.39, 0.29) is 16.3 Å². The van der Waals surface area contributed by atoms with Crippen LogP contribution >= 0.6 is 0 Å². The number of rotatable bonds is 6. The number of alkyl halides is 3. The Bertz CT molecular complexity index is 1010. The Labute approximate surface area is 174 Å². The van der Waals surface area contributed by atoms with Gasteiger partial charge >= 0.3 is 12.2 Å². The minimum absolute atomic E-state index is 0.157. The fourth-order valence-electron chi connectivity index (χ4n) is 3.20. The molecule has 0 saturated carbocycles. The first-order valence-electron chi connectivity index (χ1n) is 8.92. The standard InChI is InChI=1S/C20H18F3N3O5/c1-30-13-8-9-15(31-2)14(10-13)24-16(27)11-26-17(28)19(20(21,22)23,25-18(26)29)12-6-4-3-5-7-12/h3-10H,11H2,1-2H3,(H,24,27)(H,25,29). The van der Waals surface area contributed by atoms with Crippen molar-refractivity contribution in [2.75, 3.05) is 26.1 Å². The van der Waals surface area contributed by atoms with Crippen LogP contribution in [0.4, 0.5) is 23.7 Å². The Morgan fingerprint density at radius 1 is 1.10 bits per heavy atom. The lowest BCUT2D eigenvalue weighted by molar-refractivity contribution is -0.198. The smallest absolute Gasteiger partial charge is 0.425 e. The Balaban J connectivity index is 1.87. The second-order valence-electron chi connectivity index (χ2n) is 6.55. The van der Waals surface area contributed by atoms with Gasteiger partial charge in [0.25, 0.3) is 5.91 Å². The molecule has 0 bridgehead atoms. The van der Waals surface area contributed by atoms with Gasteiger partial charge in [-0.2, -0.15) is 13.2 Å². The molecule has 2 N–H and O–H groups in total. The van der Waals surface area contributed by atoms with Gasteiger partial charge in [-0.1, -0.05) is 30.3 Å². The van der Waals surface area contributed by atoms with Crippen molar-refractivity contribution < 1.29 is 37.0 Å². The molecule has 0 aliphatic carbocycles. The summed E-state index contributed by atoms with van der Waals surface area (Å²) >= 11 is 0. The summed E-state index contributed by atoms with van der Waals surface area (Å²) in [5.74, 6) is -1.86. The number of amides is 4. The van der Waals surface area contributed by atoms with Gasteiger partial charge in [-0.3, -0.25) is 14.5 Å². The summed E-state index contributed by atoms with van der Waals surface area (Å²) in [6.45, 7) is -0.935. The van der Waals surface area contributed by atoms with Crippen LogP contribution in [0.1, 0.15) is 5.56 Å². The Morgan fingerprint density at radius 3 is 2.35 bits per heavy atom. The number of hydrogen-bond donors (Lipinski definition) is 2. The average Bonchev–Trinajstić information content (AvgIpc) is 2.99. The number of hydrogen-bond acceptors (Lipinski definition) is 5. The molecule has 1 unspecified atom stereocenters. The van der Waals surface area contributed by atoms with Crippen LogP contribution < -0.4 is 20.1 Å². The molecule has 1 fully saturated rings. The lowest BCUT2D eigenvalue weighted by atomic mass is 9.89.